The van der Waals surface area contributed by atoms with Crippen LogP contribution in [0.15, 0.2) is 103 Å². The predicted molar refractivity (Wildman–Crippen MR) is 167 cm³/mol. The number of aryl methyl sites for hydroxylation is 1. The molecule has 0 N–H and O–H groups in total. The van der Waals surface area contributed by atoms with Crippen LogP contribution in [0, 0.1) is 6.92 Å². The Bertz CT molecular complexity index is 1670. The van der Waals surface area contributed by atoms with Crippen molar-refractivity contribution in [3.8, 4) is 22.4 Å². The normalized spacial score (nSPS) is 14.1. The van der Waals surface area contributed by atoms with Crippen molar-refractivity contribution in [1.29, 1.82) is 0 Å². The maximum atomic E-state index is 5.65. The minimum atomic E-state index is -0.640. The van der Waals surface area contributed by atoms with Gasteiger partial charge < -0.3 is 0 Å². The van der Waals surface area contributed by atoms with E-state index in [2.05, 4.69) is 146 Å². The van der Waals surface area contributed by atoms with E-state index in [9.17, 15) is 0 Å². The zero-order valence-electron chi connectivity index (χ0n) is 24.7. The molecule has 0 radical (unpaired) electrons. The Hall–Kier alpha value is -4.04. The van der Waals surface area contributed by atoms with Gasteiger partial charge in [0.25, 0.3) is 0 Å². The lowest BCUT2D eigenvalue weighted by Gasteiger charge is -2.35. The first kappa shape index (κ1) is 26.2. The lowest BCUT2D eigenvalue weighted by molar-refractivity contribution is 0.578. The van der Waals surface area contributed by atoms with Gasteiger partial charge in [-0.1, -0.05) is 120 Å². The molecule has 0 saturated carbocycles. The molecule has 2 heteroatoms. The molecule has 200 valence electrons. The van der Waals surface area contributed by atoms with Crippen molar-refractivity contribution < 1.29 is 0 Å². The Morgan fingerprint density at radius 3 is 1.75 bits per heavy atom. The topological polar surface area (TPSA) is 25.8 Å². The van der Waals surface area contributed by atoms with Gasteiger partial charge in [0, 0.05) is 11.8 Å². The van der Waals surface area contributed by atoms with Crippen LogP contribution in [0.5, 0.6) is 0 Å². The zero-order valence-corrected chi connectivity index (χ0v) is 24.7. The molecule has 0 spiro atoms. The van der Waals surface area contributed by atoms with Crippen LogP contribution in [-0.4, -0.2) is 9.97 Å². The average Bonchev–Trinajstić information content (AvgIpc) is 3.23. The summed E-state index contributed by atoms with van der Waals surface area (Å²) < 4.78 is 0. The van der Waals surface area contributed by atoms with E-state index < -0.39 is 5.41 Å². The molecular formula is C38H38N2. The Labute approximate surface area is 239 Å². The van der Waals surface area contributed by atoms with Gasteiger partial charge in [-0.05, 0) is 74.9 Å². The van der Waals surface area contributed by atoms with E-state index in [1.165, 1.54) is 38.9 Å². The average molecular weight is 523 g/mol. The second kappa shape index (κ2) is 9.27. The van der Waals surface area contributed by atoms with Crippen molar-refractivity contribution in [3.05, 3.63) is 142 Å². The maximum absolute atomic E-state index is 5.65. The molecule has 6 rings (SSSR count). The van der Waals surface area contributed by atoms with Crippen molar-refractivity contribution >= 4 is 0 Å². The molecule has 0 aliphatic heterocycles. The van der Waals surface area contributed by atoms with E-state index in [0.717, 1.165) is 22.6 Å². The van der Waals surface area contributed by atoms with Crippen LogP contribution in [0.1, 0.15) is 80.7 Å². The van der Waals surface area contributed by atoms with Crippen LogP contribution in [0.3, 0.4) is 0 Å². The molecule has 0 saturated heterocycles. The molecule has 1 aliphatic rings. The number of aromatic nitrogens is 2. The minimum Gasteiger partial charge on any atom is -0.260 e. The van der Waals surface area contributed by atoms with Crippen LogP contribution in [0.25, 0.3) is 22.4 Å². The van der Waals surface area contributed by atoms with E-state index >= 15 is 0 Å². The molecule has 2 nitrogen and oxygen atoms in total. The van der Waals surface area contributed by atoms with Gasteiger partial charge in [-0.3, -0.25) is 9.97 Å². The Morgan fingerprint density at radius 1 is 0.600 bits per heavy atom. The Kier molecular flexibility index (Phi) is 6.07. The van der Waals surface area contributed by atoms with Crippen molar-refractivity contribution in [2.75, 3.05) is 0 Å². The van der Waals surface area contributed by atoms with Crippen LogP contribution in [0.2, 0.25) is 0 Å². The van der Waals surface area contributed by atoms with Gasteiger partial charge in [0.2, 0.25) is 0 Å². The number of hydrogen-bond donors (Lipinski definition) is 0. The maximum Gasteiger partial charge on any atom is 0.106 e. The van der Waals surface area contributed by atoms with Gasteiger partial charge in [0.1, 0.15) is 5.41 Å². The summed E-state index contributed by atoms with van der Waals surface area (Å²) in [5.41, 5.74) is 12.3. The number of nitrogens with zero attached hydrogens (tertiary/aromatic N) is 2. The number of benzene rings is 3. The van der Waals surface area contributed by atoms with Crippen molar-refractivity contribution in [2.24, 2.45) is 0 Å². The highest BCUT2D eigenvalue weighted by Crippen LogP contribution is 2.56. The molecule has 2 aromatic heterocycles. The van der Waals surface area contributed by atoms with Crippen LogP contribution in [-0.2, 0) is 16.2 Å². The third-order valence-electron chi connectivity index (χ3n) is 8.36. The van der Waals surface area contributed by atoms with Gasteiger partial charge in [0.05, 0.1) is 17.1 Å². The van der Waals surface area contributed by atoms with Crippen LogP contribution >= 0.6 is 0 Å². The second-order valence-corrected chi connectivity index (χ2v) is 13.2. The van der Waals surface area contributed by atoms with Crippen LogP contribution < -0.4 is 0 Å². The molecule has 0 atom stereocenters. The van der Waals surface area contributed by atoms with Gasteiger partial charge >= 0.3 is 0 Å². The second-order valence-electron chi connectivity index (χ2n) is 13.2. The monoisotopic (exact) mass is 522 g/mol. The number of fused-ring (bicyclic) bond motifs is 3. The Morgan fingerprint density at radius 2 is 1.18 bits per heavy atom. The number of rotatable bonds is 3. The fraction of sp³-hybridized carbons (Fsp3) is 0.263. The van der Waals surface area contributed by atoms with Crippen molar-refractivity contribution in [3.63, 3.8) is 0 Å². The first-order valence-electron chi connectivity index (χ1n) is 14.3. The molecule has 1 aliphatic carbocycles. The van der Waals surface area contributed by atoms with Crippen LogP contribution in [0.4, 0.5) is 0 Å². The molecule has 0 fully saturated rings. The van der Waals surface area contributed by atoms with E-state index in [0.29, 0.717) is 0 Å². The fourth-order valence-electron chi connectivity index (χ4n) is 6.64. The molecule has 40 heavy (non-hydrogen) atoms. The highest BCUT2D eigenvalue weighted by Gasteiger charge is 2.49. The van der Waals surface area contributed by atoms with E-state index in [-0.39, 0.29) is 10.8 Å². The Balaban J connectivity index is 1.78. The number of hydrogen-bond acceptors (Lipinski definition) is 2. The third kappa shape index (κ3) is 4.01. The van der Waals surface area contributed by atoms with Gasteiger partial charge in [-0.2, -0.15) is 0 Å². The number of pyridine rings is 2. The van der Waals surface area contributed by atoms with Crippen molar-refractivity contribution in [2.45, 2.75) is 64.7 Å². The zero-order chi connectivity index (χ0) is 28.3. The van der Waals surface area contributed by atoms with Gasteiger partial charge in [-0.25, -0.2) is 0 Å². The lowest BCUT2D eigenvalue weighted by atomic mass is 9.70. The van der Waals surface area contributed by atoms with Gasteiger partial charge in [0.15, 0.2) is 0 Å². The lowest BCUT2D eigenvalue weighted by Crippen LogP contribution is -2.32. The third-order valence-corrected chi connectivity index (χ3v) is 8.36. The summed E-state index contributed by atoms with van der Waals surface area (Å²) in [4.78, 5) is 10.8. The molecule has 3 aromatic carbocycles. The fourth-order valence-corrected chi connectivity index (χ4v) is 6.64. The summed E-state index contributed by atoms with van der Waals surface area (Å²) in [5.74, 6) is 0. The SMILES string of the molecule is Cc1cc(C2(c3cc(C(C)(C)C)ccn3)c3ccccc3-c3ccccc32)nc(-c2ccccc2)c1C(C)(C)C. The summed E-state index contributed by atoms with van der Waals surface area (Å²) >= 11 is 0. The summed E-state index contributed by atoms with van der Waals surface area (Å²) in [6.07, 6.45) is 1.98. The highest BCUT2D eigenvalue weighted by molar-refractivity contribution is 5.86. The van der Waals surface area contributed by atoms with Gasteiger partial charge in [-0.15, -0.1) is 0 Å². The van der Waals surface area contributed by atoms with E-state index in [4.69, 9.17) is 9.97 Å². The summed E-state index contributed by atoms with van der Waals surface area (Å²) in [7, 11) is 0. The molecule has 2 heterocycles. The highest BCUT2D eigenvalue weighted by atomic mass is 14.8. The largest absolute Gasteiger partial charge is 0.260 e. The summed E-state index contributed by atoms with van der Waals surface area (Å²) in [5, 5.41) is 0. The predicted octanol–water partition coefficient (Wildman–Crippen LogP) is 9.41. The minimum absolute atomic E-state index is 0.00877. The molecule has 0 amide bonds. The summed E-state index contributed by atoms with van der Waals surface area (Å²) in [6.45, 7) is 15.9. The molecule has 0 bridgehead atoms. The molecular weight excluding hydrogens is 484 g/mol. The quantitative estimate of drug-likeness (QED) is 0.231. The summed E-state index contributed by atoms with van der Waals surface area (Å²) in [6, 6.07) is 35.1. The van der Waals surface area contributed by atoms with E-state index in [1.54, 1.807) is 0 Å². The smallest absolute Gasteiger partial charge is 0.106 e. The van der Waals surface area contributed by atoms with E-state index in [1.807, 2.05) is 6.20 Å². The molecule has 5 aromatic rings. The first-order chi connectivity index (χ1) is 19.0. The standard InChI is InChI=1S/C38H38N2/c1-25-23-33(40-35(34(25)37(5,6)7)26-15-9-8-10-16-26)38(32-24-27(21-22-39-32)36(2,3)4)30-19-13-11-17-28(30)29-18-12-14-20-31(29)38/h8-24H,1-7H3. The van der Waals surface area contributed by atoms with Crippen molar-refractivity contribution in [1.82, 2.24) is 9.97 Å². The molecule has 0 unspecified atom stereocenters. The first-order valence-corrected chi connectivity index (χ1v) is 14.3.